The van der Waals surface area contributed by atoms with E-state index in [0.29, 0.717) is 30.9 Å². The molecule has 178 valence electrons. The van der Waals surface area contributed by atoms with Crippen LogP contribution < -0.4 is 5.32 Å². The van der Waals surface area contributed by atoms with E-state index in [1.807, 2.05) is 0 Å². The number of nitrogens with zero attached hydrogens (tertiary/aromatic N) is 1. The van der Waals surface area contributed by atoms with Gasteiger partial charge in [0, 0.05) is 23.1 Å². The molecule has 5 nitrogen and oxygen atoms in total. The van der Waals surface area contributed by atoms with Crippen molar-refractivity contribution < 1.29 is 27.9 Å². The van der Waals surface area contributed by atoms with Gasteiger partial charge in [-0.3, -0.25) is 9.59 Å². The number of carboxylic acids is 1. The van der Waals surface area contributed by atoms with Crippen LogP contribution >= 0.6 is 11.3 Å². The molecule has 4 aromatic rings. The number of halogens is 3. The first-order chi connectivity index (χ1) is 16.8. The highest BCUT2D eigenvalue weighted by atomic mass is 32.1. The molecule has 0 amide bonds. The predicted molar refractivity (Wildman–Crippen MR) is 127 cm³/mol. The standard InChI is InChI=1S/C26H19F3N2O3S/c27-14-11-19(28)23-20(12-14)35-26(31-23)30-22-18(24(32)16-7-4-8-17(16)25(33)34)10-9-15(21(22)29)13-5-2-1-3-6-13/h1-3,5-6,9-12,16-17H,4,7-8H2,(H,30,31)(H,33,34)/t16-,17-/m1/s1. The molecule has 5 rings (SSSR count). The summed E-state index contributed by atoms with van der Waals surface area (Å²) in [6.07, 6.45) is 1.36. The van der Waals surface area contributed by atoms with Gasteiger partial charge in [-0.1, -0.05) is 54.2 Å². The van der Waals surface area contributed by atoms with Gasteiger partial charge >= 0.3 is 5.97 Å². The number of rotatable bonds is 6. The summed E-state index contributed by atoms with van der Waals surface area (Å²) < 4.78 is 44.0. The van der Waals surface area contributed by atoms with Gasteiger partial charge in [0.05, 0.1) is 16.3 Å². The maximum Gasteiger partial charge on any atom is 0.307 e. The lowest BCUT2D eigenvalue weighted by Gasteiger charge is -2.19. The number of fused-ring (bicyclic) bond motifs is 1. The van der Waals surface area contributed by atoms with Gasteiger partial charge in [0.25, 0.3) is 0 Å². The van der Waals surface area contributed by atoms with E-state index in [1.54, 1.807) is 30.3 Å². The smallest absolute Gasteiger partial charge is 0.307 e. The molecule has 0 spiro atoms. The number of nitrogens with one attached hydrogen (secondary N) is 1. The number of carbonyl (C=O) groups excluding carboxylic acids is 1. The Bertz CT molecular complexity index is 1460. The third-order valence-corrected chi connectivity index (χ3v) is 7.23. The zero-order chi connectivity index (χ0) is 24.7. The Labute approximate surface area is 202 Å². The summed E-state index contributed by atoms with van der Waals surface area (Å²) >= 11 is 0.915. The number of aliphatic carboxylic acids is 1. The third kappa shape index (κ3) is 4.27. The SMILES string of the molecule is O=C(O)[C@@H]1CCC[C@H]1C(=O)c1ccc(-c2ccccc2)c(F)c1Nc1nc2c(F)cc(F)cc2s1. The second kappa shape index (κ2) is 9.14. The van der Waals surface area contributed by atoms with E-state index in [4.69, 9.17) is 0 Å². The van der Waals surface area contributed by atoms with Crippen LogP contribution in [-0.2, 0) is 4.79 Å². The van der Waals surface area contributed by atoms with E-state index in [-0.39, 0.29) is 32.2 Å². The monoisotopic (exact) mass is 496 g/mol. The number of carbonyl (C=O) groups is 2. The topological polar surface area (TPSA) is 79.3 Å². The van der Waals surface area contributed by atoms with Crippen molar-refractivity contribution >= 4 is 44.1 Å². The van der Waals surface area contributed by atoms with Crippen LogP contribution in [0.5, 0.6) is 0 Å². The molecule has 0 saturated heterocycles. The van der Waals surface area contributed by atoms with Gasteiger partial charge in [-0.05, 0) is 30.5 Å². The van der Waals surface area contributed by atoms with Gasteiger partial charge < -0.3 is 10.4 Å². The van der Waals surface area contributed by atoms with Crippen LogP contribution in [0.2, 0.25) is 0 Å². The molecule has 0 aliphatic heterocycles. The minimum atomic E-state index is -1.06. The number of Topliss-reactive ketones (excluding diaryl/α,β-unsaturated/α-hetero) is 1. The highest BCUT2D eigenvalue weighted by Crippen LogP contribution is 2.40. The summed E-state index contributed by atoms with van der Waals surface area (Å²) in [5, 5.41) is 12.4. The molecule has 1 aromatic heterocycles. The fourth-order valence-electron chi connectivity index (χ4n) is 4.63. The molecule has 1 aliphatic rings. The number of hydrogen-bond acceptors (Lipinski definition) is 5. The Morgan fingerprint density at radius 3 is 2.49 bits per heavy atom. The van der Waals surface area contributed by atoms with Crippen molar-refractivity contribution in [3.63, 3.8) is 0 Å². The first-order valence-electron chi connectivity index (χ1n) is 11.0. The second-order valence-electron chi connectivity index (χ2n) is 8.44. The van der Waals surface area contributed by atoms with Crippen LogP contribution in [-0.4, -0.2) is 21.8 Å². The third-order valence-electron chi connectivity index (χ3n) is 6.31. The number of benzene rings is 3. The van der Waals surface area contributed by atoms with Gasteiger partial charge in [-0.25, -0.2) is 18.2 Å². The van der Waals surface area contributed by atoms with Crippen LogP contribution in [0.15, 0.2) is 54.6 Å². The molecular formula is C26H19F3N2O3S. The zero-order valence-electron chi connectivity index (χ0n) is 18.2. The van der Waals surface area contributed by atoms with E-state index >= 15 is 4.39 Å². The van der Waals surface area contributed by atoms with Crippen LogP contribution in [0.4, 0.5) is 24.0 Å². The number of thiazole rings is 1. The maximum absolute atomic E-state index is 15.9. The molecule has 0 unspecified atom stereocenters. The molecule has 0 bridgehead atoms. The van der Waals surface area contributed by atoms with E-state index in [1.165, 1.54) is 12.1 Å². The first-order valence-corrected chi connectivity index (χ1v) is 11.8. The molecule has 35 heavy (non-hydrogen) atoms. The van der Waals surface area contributed by atoms with Crippen molar-refractivity contribution in [1.82, 2.24) is 4.98 Å². The quantitative estimate of drug-likeness (QED) is 0.287. The van der Waals surface area contributed by atoms with Crippen LogP contribution in [0.25, 0.3) is 21.3 Å². The lowest BCUT2D eigenvalue weighted by Crippen LogP contribution is -2.26. The summed E-state index contributed by atoms with van der Waals surface area (Å²) in [7, 11) is 0. The number of anilines is 2. The van der Waals surface area contributed by atoms with Crippen molar-refractivity contribution in [1.29, 1.82) is 0 Å². The largest absolute Gasteiger partial charge is 0.481 e. The van der Waals surface area contributed by atoms with Crippen molar-refractivity contribution in [3.05, 3.63) is 77.6 Å². The van der Waals surface area contributed by atoms with Gasteiger partial charge in [-0.2, -0.15) is 0 Å². The minimum Gasteiger partial charge on any atom is -0.481 e. The van der Waals surface area contributed by atoms with Gasteiger partial charge in [0.1, 0.15) is 11.3 Å². The Morgan fingerprint density at radius 2 is 1.74 bits per heavy atom. The minimum absolute atomic E-state index is 0.00811. The molecule has 2 N–H and O–H groups in total. The predicted octanol–water partition coefficient (Wildman–Crippen LogP) is 6.81. The highest BCUT2D eigenvalue weighted by molar-refractivity contribution is 7.22. The molecule has 1 fully saturated rings. The van der Waals surface area contributed by atoms with Crippen LogP contribution in [0, 0.1) is 29.3 Å². The zero-order valence-corrected chi connectivity index (χ0v) is 19.0. The molecule has 2 atom stereocenters. The molecule has 9 heteroatoms. The second-order valence-corrected chi connectivity index (χ2v) is 9.47. The molecular weight excluding hydrogens is 477 g/mol. The van der Waals surface area contributed by atoms with E-state index < -0.39 is 41.0 Å². The Kier molecular flexibility index (Phi) is 6.02. The normalized spacial score (nSPS) is 17.6. The van der Waals surface area contributed by atoms with E-state index in [2.05, 4.69) is 10.3 Å². The van der Waals surface area contributed by atoms with E-state index in [0.717, 1.165) is 17.4 Å². The van der Waals surface area contributed by atoms with Crippen molar-refractivity contribution in [2.45, 2.75) is 19.3 Å². The van der Waals surface area contributed by atoms with Crippen LogP contribution in [0.3, 0.4) is 0 Å². The van der Waals surface area contributed by atoms with Crippen molar-refractivity contribution in [2.75, 3.05) is 5.32 Å². The summed E-state index contributed by atoms with van der Waals surface area (Å²) in [4.78, 5) is 29.2. The van der Waals surface area contributed by atoms with Gasteiger partial charge in [-0.15, -0.1) is 0 Å². The molecule has 1 saturated carbocycles. The number of aromatic nitrogens is 1. The average Bonchev–Trinajstić information content (AvgIpc) is 3.48. The molecule has 1 aliphatic carbocycles. The molecule has 3 aromatic carbocycles. The van der Waals surface area contributed by atoms with Crippen molar-refractivity contribution in [3.8, 4) is 11.1 Å². The Balaban J connectivity index is 1.62. The number of hydrogen-bond donors (Lipinski definition) is 2. The summed E-state index contributed by atoms with van der Waals surface area (Å²) in [6, 6.07) is 13.5. The molecule has 0 radical (unpaired) electrons. The number of ketones is 1. The summed E-state index contributed by atoms with van der Waals surface area (Å²) in [5.41, 5.74) is 0.546. The first kappa shape index (κ1) is 23.0. The maximum atomic E-state index is 15.9. The summed E-state index contributed by atoms with van der Waals surface area (Å²) in [5.74, 6) is -5.50. The van der Waals surface area contributed by atoms with E-state index in [9.17, 15) is 23.5 Å². The Hall–Kier alpha value is -3.72. The molecule has 1 heterocycles. The average molecular weight is 497 g/mol. The fraction of sp³-hybridized carbons (Fsp3) is 0.192. The lowest BCUT2D eigenvalue weighted by molar-refractivity contribution is -0.142. The number of carboxylic acid groups (broad SMARTS) is 1. The fourth-order valence-corrected chi connectivity index (χ4v) is 5.54. The lowest BCUT2D eigenvalue weighted by atomic mass is 9.87. The van der Waals surface area contributed by atoms with Gasteiger partial charge in [0.2, 0.25) is 0 Å². The summed E-state index contributed by atoms with van der Waals surface area (Å²) in [6.45, 7) is 0. The Morgan fingerprint density at radius 1 is 1.00 bits per heavy atom. The highest BCUT2D eigenvalue weighted by Gasteiger charge is 2.39. The van der Waals surface area contributed by atoms with Crippen LogP contribution in [0.1, 0.15) is 29.6 Å². The van der Waals surface area contributed by atoms with Crippen molar-refractivity contribution in [2.24, 2.45) is 11.8 Å². The van der Waals surface area contributed by atoms with Gasteiger partial charge in [0.15, 0.2) is 22.5 Å².